The molecule has 142 valence electrons. The third-order valence-corrected chi connectivity index (χ3v) is 5.41. The van der Waals surface area contributed by atoms with E-state index in [2.05, 4.69) is 0 Å². The van der Waals surface area contributed by atoms with Gasteiger partial charge in [-0.05, 0) is 46.1 Å². The predicted octanol–water partition coefficient (Wildman–Crippen LogP) is 2.41. The highest BCUT2D eigenvalue weighted by atomic mass is 16.6. The second-order valence-corrected chi connectivity index (χ2v) is 7.23. The van der Waals surface area contributed by atoms with Crippen molar-refractivity contribution < 1.29 is 24.4 Å². The average molecular weight is 363 g/mol. The number of aliphatic hydroxyl groups is 1. The van der Waals surface area contributed by atoms with Crippen LogP contribution in [-0.4, -0.2) is 40.0 Å². The molecule has 0 aromatic heterocycles. The minimum absolute atomic E-state index is 0.00286. The molecular weight excluding hydrogens is 338 g/mol. The molecule has 1 aromatic carbocycles. The largest absolute Gasteiger partial charge is 0.465 e. The van der Waals surface area contributed by atoms with Crippen molar-refractivity contribution in [3.05, 3.63) is 45.5 Å². The Hall–Kier alpha value is -2.28. The predicted molar refractivity (Wildman–Crippen MR) is 94.3 cm³/mol. The van der Waals surface area contributed by atoms with Crippen LogP contribution in [0.25, 0.3) is 0 Å². The molecule has 0 heterocycles. The van der Waals surface area contributed by atoms with Crippen LogP contribution in [0.5, 0.6) is 0 Å². The van der Waals surface area contributed by atoms with Gasteiger partial charge in [-0.1, -0.05) is 29.8 Å². The van der Waals surface area contributed by atoms with E-state index in [1.807, 2.05) is 13.0 Å². The van der Waals surface area contributed by atoms with Gasteiger partial charge in [0.05, 0.1) is 12.5 Å². The van der Waals surface area contributed by atoms with Crippen molar-refractivity contribution in [3.63, 3.8) is 0 Å². The fourth-order valence-electron chi connectivity index (χ4n) is 4.09. The Balaban J connectivity index is 2.78. The van der Waals surface area contributed by atoms with Crippen LogP contribution in [-0.2, 0) is 14.3 Å². The van der Waals surface area contributed by atoms with Crippen molar-refractivity contribution >= 4 is 11.8 Å². The van der Waals surface area contributed by atoms with Crippen LogP contribution in [0, 0.1) is 22.5 Å². The van der Waals surface area contributed by atoms with Crippen molar-refractivity contribution in [3.8, 4) is 0 Å². The molecule has 0 radical (unpaired) electrons. The number of carbonyl (C=O) groups excluding carboxylic acids is 2. The van der Waals surface area contributed by atoms with Crippen LogP contribution in [0.2, 0.25) is 0 Å². The molecule has 26 heavy (non-hydrogen) atoms. The Morgan fingerprint density at radius 1 is 1.38 bits per heavy atom. The van der Waals surface area contributed by atoms with E-state index in [4.69, 9.17) is 4.74 Å². The normalized spacial score (nSPS) is 31.3. The number of rotatable bonds is 5. The summed E-state index contributed by atoms with van der Waals surface area (Å²) in [5, 5.41) is 22.6. The highest BCUT2D eigenvalue weighted by Gasteiger charge is 2.66. The first-order valence-electron chi connectivity index (χ1n) is 8.68. The molecule has 1 saturated carbocycles. The molecule has 1 aromatic rings. The fourth-order valence-corrected chi connectivity index (χ4v) is 4.09. The lowest BCUT2D eigenvalue weighted by molar-refractivity contribution is -0.555. The number of esters is 1. The maximum atomic E-state index is 12.9. The molecule has 2 rings (SSSR count). The van der Waals surface area contributed by atoms with Crippen LogP contribution in [0.4, 0.5) is 0 Å². The Kier molecular flexibility index (Phi) is 5.51. The minimum Gasteiger partial charge on any atom is -0.465 e. The third kappa shape index (κ3) is 3.23. The maximum Gasteiger partial charge on any atom is 0.320 e. The number of hydrogen-bond donors (Lipinski definition) is 1. The molecule has 0 spiro atoms. The van der Waals surface area contributed by atoms with Gasteiger partial charge in [-0.25, -0.2) is 0 Å². The van der Waals surface area contributed by atoms with E-state index in [9.17, 15) is 24.8 Å². The third-order valence-electron chi connectivity index (χ3n) is 5.41. The van der Waals surface area contributed by atoms with Gasteiger partial charge in [0, 0.05) is 4.92 Å². The van der Waals surface area contributed by atoms with Crippen molar-refractivity contribution in [2.45, 2.75) is 58.1 Å². The van der Waals surface area contributed by atoms with Crippen molar-refractivity contribution in [1.29, 1.82) is 0 Å². The zero-order chi connectivity index (χ0) is 19.7. The standard InChI is InChI=1S/C19H25NO6/c1-5-26-17(22)19(13(3)21)10-9-18(4,23)16(20(24)25)15(19)14-8-6-7-12(2)11-14/h6-8,11,15-16,23H,5,9-10H2,1-4H3/t15-,16?,18+,19?/m0/s1. The zero-order valence-electron chi connectivity index (χ0n) is 15.5. The summed E-state index contributed by atoms with van der Waals surface area (Å²) in [7, 11) is 0. The Bertz CT molecular complexity index is 728. The smallest absolute Gasteiger partial charge is 0.320 e. The number of benzene rings is 1. The molecule has 0 aliphatic heterocycles. The molecule has 0 saturated heterocycles. The van der Waals surface area contributed by atoms with Crippen LogP contribution in [0.15, 0.2) is 24.3 Å². The van der Waals surface area contributed by atoms with E-state index in [1.54, 1.807) is 25.1 Å². The number of aryl methyl sites for hydroxylation is 1. The first-order chi connectivity index (χ1) is 12.1. The monoisotopic (exact) mass is 363 g/mol. The minimum atomic E-state index is -1.69. The number of ether oxygens (including phenoxy) is 1. The Labute approximate surface area is 152 Å². The SMILES string of the molecule is CCOC(=O)C1(C(C)=O)CC[C@@](C)(O)C([N+](=O)[O-])[C@@H]1c1cccc(C)c1. The van der Waals surface area contributed by atoms with Crippen molar-refractivity contribution in [1.82, 2.24) is 0 Å². The van der Waals surface area contributed by atoms with Gasteiger partial charge in [0.1, 0.15) is 16.8 Å². The van der Waals surface area contributed by atoms with E-state index >= 15 is 0 Å². The van der Waals surface area contributed by atoms with Gasteiger partial charge < -0.3 is 9.84 Å². The summed E-state index contributed by atoms with van der Waals surface area (Å²) < 4.78 is 5.16. The van der Waals surface area contributed by atoms with Gasteiger partial charge in [-0.2, -0.15) is 0 Å². The molecule has 1 fully saturated rings. The summed E-state index contributed by atoms with van der Waals surface area (Å²) >= 11 is 0. The molecule has 1 aliphatic rings. The molecule has 4 atom stereocenters. The van der Waals surface area contributed by atoms with Gasteiger partial charge in [0.15, 0.2) is 0 Å². The number of ketones is 1. The van der Waals surface area contributed by atoms with E-state index in [1.165, 1.54) is 13.8 Å². The van der Waals surface area contributed by atoms with Gasteiger partial charge in [-0.3, -0.25) is 19.7 Å². The first-order valence-corrected chi connectivity index (χ1v) is 8.68. The number of nitro groups is 1. The maximum absolute atomic E-state index is 12.9. The highest BCUT2D eigenvalue weighted by Crippen LogP contribution is 2.53. The van der Waals surface area contributed by atoms with Crippen molar-refractivity contribution in [2.24, 2.45) is 5.41 Å². The molecule has 7 nitrogen and oxygen atoms in total. The lowest BCUT2D eigenvalue weighted by Gasteiger charge is -2.46. The highest BCUT2D eigenvalue weighted by molar-refractivity contribution is 6.04. The van der Waals surface area contributed by atoms with Crippen LogP contribution < -0.4 is 0 Å². The van der Waals surface area contributed by atoms with E-state index in [0.717, 1.165) is 5.56 Å². The lowest BCUT2D eigenvalue weighted by atomic mass is 9.56. The van der Waals surface area contributed by atoms with Crippen molar-refractivity contribution in [2.75, 3.05) is 6.61 Å². The Morgan fingerprint density at radius 2 is 2.04 bits per heavy atom. The summed E-state index contributed by atoms with van der Waals surface area (Å²) in [4.78, 5) is 36.9. The quantitative estimate of drug-likeness (QED) is 0.373. The second-order valence-electron chi connectivity index (χ2n) is 7.23. The summed E-state index contributed by atoms with van der Waals surface area (Å²) in [5.41, 5.74) is -2.02. The molecule has 0 amide bonds. The average Bonchev–Trinajstić information content (AvgIpc) is 2.53. The van der Waals surface area contributed by atoms with E-state index in [-0.39, 0.29) is 19.4 Å². The molecular formula is C19H25NO6. The second kappa shape index (κ2) is 7.15. The molecule has 1 N–H and O–H groups in total. The number of Topliss-reactive ketones (excluding diaryl/α,β-unsaturated/α-hetero) is 1. The van der Waals surface area contributed by atoms with Gasteiger partial charge in [0.2, 0.25) is 6.04 Å². The van der Waals surface area contributed by atoms with Gasteiger partial charge >= 0.3 is 5.97 Å². The topological polar surface area (TPSA) is 107 Å². The summed E-state index contributed by atoms with van der Waals surface area (Å²) in [6, 6.07) is 5.42. The lowest BCUT2D eigenvalue weighted by Crippen LogP contribution is -2.61. The number of nitrogens with zero attached hydrogens (tertiary/aromatic N) is 1. The Morgan fingerprint density at radius 3 is 2.54 bits per heavy atom. The summed E-state index contributed by atoms with van der Waals surface area (Å²) in [6.45, 7) is 6.16. The molecule has 2 unspecified atom stereocenters. The zero-order valence-corrected chi connectivity index (χ0v) is 15.5. The van der Waals surface area contributed by atoms with Crippen LogP contribution in [0.1, 0.15) is 50.7 Å². The van der Waals surface area contributed by atoms with Gasteiger partial charge in [-0.15, -0.1) is 0 Å². The molecule has 0 bridgehead atoms. The summed E-state index contributed by atoms with van der Waals surface area (Å²) in [6.07, 6.45) is -0.0452. The van der Waals surface area contributed by atoms with E-state index in [0.29, 0.717) is 5.56 Å². The van der Waals surface area contributed by atoms with Crippen LogP contribution in [0.3, 0.4) is 0 Å². The molecule has 7 heteroatoms. The molecule has 1 aliphatic carbocycles. The first kappa shape index (κ1) is 20.0. The van der Waals surface area contributed by atoms with Crippen LogP contribution >= 0.6 is 0 Å². The number of hydrogen-bond acceptors (Lipinski definition) is 6. The van der Waals surface area contributed by atoms with Gasteiger partial charge in [0.25, 0.3) is 0 Å². The summed E-state index contributed by atoms with van der Waals surface area (Å²) in [5.74, 6) is -2.36. The number of carbonyl (C=O) groups is 2. The van der Waals surface area contributed by atoms with E-state index < -0.39 is 39.7 Å². The fraction of sp³-hybridized carbons (Fsp3) is 0.579.